The van der Waals surface area contributed by atoms with Crippen LogP contribution in [0.5, 0.6) is 0 Å². The maximum Gasteiger partial charge on any atom is 0.323 e. The smallest absolute Gasteiger partial charge is 0.323 e. The third kappa shape index (κ3) is 2.96. The number of aromatic nitrogens is 2. The molecule has 0 aliphatic heterocycles. The highest BCUT2D eigenvalue weighted by atomic mass is 79.9. The Morgan fingerprint density at radius 2 is 1.90 bits per heavy atom. The number of aromatic amines is 2. The number of benzene rings is 2. The Labute approximate surface area is 132 Å². The lowest BCUT2D eigenvalue weighted by Crippen LogP contribution is -2.00. The zero-order chi connectivity index (χ0) is 15.0. The van der Waals surface area contributed by atoms with Crippen LogP contribution in [0.15, 0.2) is 39.6 Å². The van der Waals surface area contributed by atoms with E-state index in [2.05, 4.69) is 31.2 Å². The van der Waals surface area contributed by atoms with Gasteiger partial charge in [-0.05, 0) is 45.8 Å². The van der Waals surface area contributed by atoms with Crippen LogP contribution in [0.25, 0.3) is 11.0 Å². The van der Waals surface area contributed by atoms with Crippen molar-refractivity contribution < 1.29 is 4.39 Å². The lowest BCUT2D eigenvalue weighted by Gasteiger charge is -2.09. The summed E-state index contributed by atoms with van der Waals surface area (Å²) in [6.45, 7) is 0.437. The molecule has 0 amide bonds. The summed E-state index contributed by atoms with van der Waals surface area (Å²) in [5.41, 5.74) is 2.73. The van der Waals surface area contributed by atoms with Crippen LogP contribution in [0.2, 0.25) is 5.02 Å². The summed E-state index contributed by atoms with van der Waals surface area (Å²) in [7, 11) is 0. The number of nitrogens with one attached hydrogen (secondary N) is 3. The fourth-order valence-electron chi connectivity index (χ4n) is 2.04. The third-order valence-corrected chi connectivity index (χ3v) is 4.03. The summed E-state index contributed by atoms with van der Waals surface area (Å²) >= 11 is 9.08. The highest BCUT2D eigenvalue weighted by molar-refractivity contribution is 9.10. The second-order valence-electron chi connectivity index (χ2n) is 4.56. The van der Waals surface area contributed by atoms with Gasteiger partial charge in [0.1, 0.15) is 5.82 Å². The minimum atomic E-state index is -0.444. The Kier molecular flexibility index (Phi) is 3.73. The van der Waals surface area contributed by atoms with Crippen LogP contribution in [0.4, 0.5) is 10.1 Å². The van der Waals surface area contributed by atoms with Crippen molar-refractivity contribution in [1.82, 2.24) is 9.97 Å². The fourth-order valence-corrected chi connectivity index (χ4v) is 2.64. The lowest BCUT2D eigenvalue weighted by molar-refractivity contribution is 0.626. The molecule has 21 heavy (non-hydrogen) atoms. The molecule has 0 saturated carbocycles. The summed E-state index contributed by atoms with van der Waals surface area (Å²) in [5, 5.41) is 3.29. The van der Waals surface area contributed by atoms with E-state index in [0.29, 0.717) is 12.1 Å². The zero-order valence-corrected chi connectivity index (χ0v) is 13.0. The molecule has 108 valence electrons. The van der Waals surface area contributed by atoms with Gasteiger partial charge in [0.25, 0.3) is 0 Å². The maximum atomic E-state index is 13.4. The molecule has 0 fully saturated rings. The van der Waals surface area contributed by atoms with Gasteiger partial charge in [0.15, 0.2) is 0 Å². The second-order valence-corrected chi connectivity index (χ2v) is 5.82. The molecule has 0 spiro atoms. The van der Waals surface area contributed by atoms with Crippen molar-refractivity contribution in [2.75, 3.05) is 5.32 Å². The molecule has 0 aliphatic rings. The highest BCUT2D eigenvalue weighted by Crippen LogP contribution is 2.27. The summed E-state index contributed by atoms with van der Waals surface area (Å²) in [6.07, 6.45) is 0. The minimum absolute atomic E-state index is 0.103. The minimum Gasteiger partial charge on any atom is -0.380 e. The molecule has 3 aromatic rings. The summed E-state index contributed by atoms with van der Waals surface area (Å²) in [5.74, 6) is -0.444. The van der Waals surface area contributed by atoms with E-state index < -0.39 is 5.82 Å². The van der Waals surface area contributed by atoms with Gasteiger partial charge < -0.3 is 15.3 Å². The SMILES string of the molecule is O=c1[nH]c2cc(Br)c(NCc3ccc(Cl)c(F)c3)cc2[nH]1. The average molecular weight is 371 g/mol. The first-order chi connectivity index (χ1) is 10.0. The van der Waals surface area contributed by atoms with Crippen LogP contribution >= 0.6 is 27.5 Å². The number of hydrogen-bond donors (Lipinski definition) is 3. The largest absolute Gasteiger partial charge is 0.380 e. The average Bonchev–Trinajstić information content (AvgIpc) is 2.79. The van der Waals surface area contributed by atoms with E-state index in [1.165, 1.54) is 12.1 Å². The van der Waals surface area contributed by atoms with Crippen LogP contribution in [-0.4, -0.2) is 9.97 Å². The van der Waals surface area contributed by atoms with Crippen LogP contribution < -0.4 is 11.0 Å². The van der Waals surface area contributed by atoms with E-state index in [1.807, 2.05) is 6.07 Å². The van der Waals surface area contributed by atoms with Crippen molar-refractivity contribution in [3.8, 4) is 0 Å². The molecule has 4 nitrogen and oxygen atoms in total. The molecule has 0 aliphatic carbocycles. The van der Waals surface area contributed by atoms with Gasteiger partial charge >= 0.3 is 5.69 Å². The van der Waals surface area contributed by atoms with Gasteiger partial charge in [0, 0.05) is 11.0 Å². The Morgan fingerprint density at radius 1 is 1.19 bits per heavy atom. The molecule has 2 aromatic carbocycles. The molecule has 3 N–H and O–H groups in total. The number of rotatable bonds is 3. The van der Waals surface area contributed by atoms with Gasteiger partial charge in [-0.25, -0.2) is 9.18 Å². The molecule has 3 rings (SSSR count). The standard InChI is InChI=1S/C14H10BrClFN3O/c15-8-4-12-13(20-14(21)19-12)5-11(8)18-6-7-1-2-9(16)10(17)3-7/h1-5,18H,6H2,(H2,19,20,21). The van der Waals surface area contributed by atoms with E-state index >= 15 is 0 Å². The van der Waals surface area contributed by atoms with Gasteiger partial charge in [-0.2, -0.15) is 0 Å². The van der Waals surface area contributed by atoms with Crippen molar-refractivity contribution in [1.29, 1.82) is 0 Å². The van der Waals surface area contributed by atoms with E-state index in [4.69, 9.17) is 11.6 Å². The molecule has 0 atom stereocenters. The highest BCUT2D eigenvalue weighted by Gasteiger charge is 2.06. The van der Waals surface area contributed by atoms with Gasteiger partial charge in [0.05, 0.1) is 21.7 Å². The molecule has 7 heteroatoms. The Hall–Kier alpha value is -1.79. The molecular weight excluding hydrogens is 361 g/mol. The molecule has 0 unspecified atom stereocenters. The lowest BCUT2D eigenvalue weighted by atomic mass is 10.2. The predicted octanol–water partition coefficient (Wildman–Crippen LogP) is 4.02. The topological polar surface area (TPSA) is 60.7 Å². The van der Waals surface area contributed by atoms with Gasteiger partial charge in [-0.15, -0.1) is 0 Å². The molecule has 0 saturated heterocycles. The number of hydrogen-bond acceptors (Lipinski definition) is 2. The molecule has 0 bridgehead atoms. The van der Waals surface area contributed by atoms with E-state index in [0.717, 1.165) is 21.2 Å². The number of H-pyrrole nitrogens is 2. The first-order valence-corrected chi connectivity index (χ1v) is 7.29. The monoisotopic (exact) mass is 369 g/mol. The van der Waals surface area contributed by atoms with Crippen LogP contribution in [-0.2, 0) is 6.54 Å². The first-order valence-electron chi connectivity index (χ1n) is 6.12. The number of halogens is 3. The third-order valence-electron chi connectivity index (χ3n) is 3.07. The molecule has 0 radical (unpaired) electrons. The quantitative estimate of drug-likeness (QED) is 0.652. The van der Waals surface area contributed by atoms with Crippen molar-refractivity contribution in [3.63, 3.8) is 0 Å². The Morgan fingerprint density at radius 3 is 2.62 bits per heavy atom. The maximum absolute atomic E-state index is 13.4. The van der Waals surface area contributed by atoms with Crippen molar-refractivity contribution >= 4 is 44.3 Å². The van der Waals surface area contributed by atoms with Gasteiger partial charge in [0.2, 0.25) is 0 Å². The second kappa shape index (κ2) is 5.54. The van der Waals surface area contributed by atoms with Crippen molar-refractivity contribution in [2.45, 2.75) is 6.54 Å². The predicted molar refractivity (Wildman–Crippen MR) is 85.4 cm³/mol. The summed E-state index contributed by atoms with van der Waals surface area (Å²) in [4.78, 5) is 16.6. The molecule has 1 aromatic heterocycles. The van der Waals surface area contributed by atoms with E-state index in [9.17, 15) is 9.18 Å². The first kappa shape index (κ1) is 14.2. The van der Waals surface area contributed by atoms with Crippen molar-refractivity contribution in [3.05, 3.63) is 61.7 Å². The van der Waals surface area contributed by atoms with E-state index in [-0.39, 0.29) is 10.7 Å². The Balaban J connectivity index is 1.85. The van der Waals surface area contributed by atoms with Crippen LogP contribution in [0.1, 0.15) is 5.56 Å². The van der Waals surface area contributed by atoms with Crippen LogP contribution in [0.3, 0.4) is 0 Å². The number of imidazole rings is 1. The van der Waals surface area contributed by atoms with Crippen molar-refractivity contribution in [2.24, 2.45) is 0 Å². The van der Waals surface area contributed by atoms with E-state index in [1.54, 1.807) is 12.1 Å². The summed E-state index contributed by atoms with van der Waals surface area (Å²) < 4.78 is 14.2. The Bertz CT molecular complexity index is 874. The van der Waals surface area contributed by atoms with Crippen LogP contribution in [0, 0.1) is 5.82 Å². The van der Waals surface area contributed by atoms with Gasteiger partial charge in [-0.1, -0.05) is 17.7 Å². The molecule has 1 heterocycles. The normalized spacial score (nSPS) is 11.0. The fraction of sp³-hybridized carbons (Fsp3) is 0.0714. The molecular formula is C14H10BrClFN3O. The number of fused-ring (bicyclic) bond motifs is 1. The van der Waals surface area contributed by atoms with Gasteiger partial charge in [-0.3, -0.25) is 0 Å². The number of anilines is 1. The summed E-state index contributed by atoms with van der Waals surface area (Å²) in [6, 6.07) is 8.28. The zero-order valence-electron chi connectivity index (χ0n) is 10.6.